The molecule has 2 aromatic heterocycles. The highest BCUT2D eigenvalue weighted by atomic mass is 79.9. The zero-order valence-corrected chi connectivity index (χ0v) is 15.6. The summed E-state index contributed by atoms with van der Waals surface area (Å²) in [5.41, 5.74) is 0.408. The van der Waals surface area contributed by atoms with Gasteiger partial charge in [0.2, 0.25) is 0 Å². The SMILES string of the molecule is O=S(=O)(Nc1cc(Br)ccc1Br)c1c(Cl)nc2sccn12. The third-order valence-corrected chi connectivity index (χ3v) is 6.31. The largest absolute Gasteiger partial charge is 0.281 e. The number of fused-ring (bicyclic) bond motifs is 1. The van der Waals surface area contributed by atoms with Gasteiger partial charge in [-0.25, -0.2) is 4.98 Å². The van der Waals surface area contributed by atoms with Gasteiger partial charge in [0, 0.05) is 20.5 Å². The summed E-state index contributed by atoms with van der Waals surface area (Å²) in [7, 11) is -3.86. The van der Waals surface area contributed by atoms with Gasteiger partial charge in [0.05, 0.1) is 5.69 Å². The van der Waals surface area contributed by atoms with Crippen molar-refractivity contribution in [2.45, 2.75) is 5.03 Å². The molecule has 0 fully saturated rings. The molecule has 0 spiro atoms. The van der Waals surface area contributed by atoms with Crippen LogP contribution in [0.1, 0.15) is 0 Å². The maximum Gasteiger partial charge on any atom is 0.281 e. The fourth-order valence-electron chi connectivity index (χ4n) is 1.75. The Balaban J connectivity index is 2.10. The number of benzene rings is 1. The summed E-state index contributed by atoms with van der Waals surface area (Å²) in [5.74, 6) is 0. The highest BCUT2D eigenvalue weighted by Gasteiger charge is 2.25. The van der Waals surface area contributed by atoms with Crippen molar-refractivity contribution in [3.05, 3.63) is 43.9 Å². The number of imidazole rings is 1. The van der Waals surface area contributed by atoms with Crippen LogP contribution >= 0.6 is 54.8 Å². The summed E-state index contributed by atoms with van der Waals surface area (Å²) in [6, 6.07) is 5.19. The van der Waals surface area contributed by atoms with E-state index < -0.39 is 10.0 Å². The van der Waals surface area contributed by atoms with E-state index in [4.69, 9.17) is 11.6 Å². The van der Waals surface area contributed by atoms with E-state index in [1.54, 1.807) is 29.8 Å². The van der Waals surface area contributed by atoms with Gasteiger partial charge in [-0.3, -0.25) is 9.12 Å². The number of hydrogen-bond donors (Lipinski definition) is 1. The zero-order chi connectivity index (χ0) is 15.2. The second-order valence-electron chi connectivity index (χ2n) is 3.99. The Hall–Kier alpha value is -0.610. The number of aromatic nitrogens is 2. The Morgan fingerprint density at radius 3 is 2.86 bits per heavy atom. The van der Waals surface area contributed by atoms with E-state index in [1.807, 2.05) is 0 Å². The molecule has 1 N–H and O–H groups in total. The van der Waals surface area contributed by atoms with Crippen LogP contribution in [0.15, 0.2) is 43.7 Å². The standard InChI is InChI=1S/C11H6Br2ClN3O2S2/c12-6-1-2-7(13)8(5-6)16-21(18,19)10-9(14)15-11-17(10)3-4-20-11/h1-5,16H. The molecule has 0 radical (unpaired) electrons. The molecular weight excluding hydrogens is 466 g/mol. The van der Waals surface area contributed by atoms with Gasteiger partial charge in [0.1, 0.15) is 0 Å². The minimum absolute atomic E-state index is 0.0551. The molecule has 0 amide bonds. The van der Waals surface area contributed by atoms with E-state index in [2.05, 4.69) is 41.6 Å². The maximum atomic E-state index is 12.6. The van der Waals surface area contributed by atoms with Crippen LogP contribution in [0.5, 0.6) is 0 Å². The van der Waals surface area contributed by atoms with Crippen molar-refractivity contribution in [3.63, 3.8) is 0 Å². The molecule has 2 heterocycles. The van der Waals surface area contributed by atoms with Crippen LogP contribution in [0.3, 0.4) is 0 Å². The molecule has 110 valence electrons. The molecule has 0 unspecified atom stereocenters. The minimum atomic E-state index is -3.86. The average Bonchev–Trinajstić information content (AvgIpc) is 2.92. The lowest BCUT2D eigenvalue weighted by Crippen LogP contribution is -2.15. The molecule has 21 heavy (non-hydrogen) atoms. The molecule has 1 aromatic carbocycles. The van der Waals surface area contributed by atoms with Crippen molar-refractivity contribution in [2.24, 2.45) is 0 Å². The molecule has 0 aliphatic heterocycles. The Labute approximate surface area is 146 Å². The fraction of sp³-hybridized carbons (Fsp3) is 0. The van der Waals surface area contributed by atoms with Gasteiger partial charge in [-0.2, -0.15) is 8.42 Å². The molecule has 10 heteroatoms. The molecule has 3 aromatic rings. The fourth-order valence-corrected chi connectivity index (χ4v) is 5.11. The number of rotatable bonds is 3. The Morgan fingerprint density at radius 1 is 1.33 bits per heavy atom. The van der Waals surface area contributed by atoms with Crippen LogP contribution in [-0.4, -0.2) is 17.8 Å². The summed E-state index contributed by atoms with van der Waals surface area (Å²) >= 11 is 13.9. The predicted molar refractivity (Wildman–Crippen MR) is 90.7 cm³/mol. The molecular formula is C11H6Br2ClN3O2S2. The number of thiazole rings is 1. The van der Waals surface area contributed by atoms with Crippen molar-refractivity contribution in [3.8, 4) is 0 Å². The van der Waals surface area contributed by atoms with Crippen molar-refractivity contribution in [2.75, 3.05) is 4.72 Å². The first-order valence-electron chi connectivity index (χ1n) is 5.47. The average molecular weight is 472 g/mol. The highest BCUT2D eigenvalue weighted by molar-refractivity contribution is 9.11. The third-order valence-electron chi connectivity index (χ3n) is 2.61. The summed E-state index contributed by atoms with van der Waals surface area (Å²) in [6.07, 6.45) is 1.61. The first-order valence-corrected chi connectivity index (χ1v) is 9.80. The Bertz CT molecular complexity index is 936. The van der Waals surface area contributed by atoms with Crippen molar-refractivity contribution in [1.29, 1.82) is 0 Å². The lowest BCUT2D eigenvalue weighted by atomic mass is 10.3. The number of nitrogens with one attached hydrogen (secondary N) is 1. The zero-order valence-electron chi connectivity index (χ0n) is 10.0. The Morgan fingerprint density at radius 2 is 2.10 bits per heavy atom. The van der Waals surface area contributed by atoms with E-state index >= 15 is 0 Å². The summed E-state index contributed by atoms with van der Waals surface area (Å²) in [6.45, 7) is 0. The van der Waals surface area contributed by atoms with Gasteiger partial charge in [-0.1, -0.05) is 27.5 Å². The third kappa shape index (κ3) is 2.85. The monoisotopic (exact) mass is 469 g/mol. The number of anilines is 1. The normalized spacial score (nSPS) is 12.0. The summed E-state index contributed by atoms with van der Waals surface area (Å²) in [5, 5.41) is 1.61. The molecule has 0 aliphatic rings. The van der Waals surface area contributed by atoms with Crippen molar-refractivity contribution < 1.29 is 8.42 Å². The second-order valence-corrected chi connectivity index (χ2v) is 8.59. The summed E-state index contributed by atoms with van der Waals surface area (Å²) in [4.78, 5) is 4.55. The quantitative estimate of drug-likeness (QED) is 0.617. The Kier molecular flexibility index (Phi) is 4.04. The van der Waals surface area contributed by atoms with Crippen LogP contribution in [0, 0.1) is 0 Å². The van der Waals surface area contributed by atoms with Gasteiger partial charge in [0.15, 0.2) is 15.1 Å². The lowest BCUT2D eigenvalue weighted by Gasteiger charge is -2.09. The number of hydrogen-bond acceptors (Lipinski definition) is 4. The van der Waals surface area contributed by atoms with Gasteiger partial charge in [-0.15, -0.1) is 11.3 Å². The van der Waals surface area contributed by atoms with Crippen LogP contribution in [-0.2, 0) is 10.0 Å². The minimum Gasteiger partial charge on any atom is -0.278 e. The summed E-state index contributed by atoms with van der Waals surface area (Å²) < 4.78 is 30.5. The topological polar surface area (TPSA) is 63.5 Å². The lowest BCUT2D eigenvalue weighted by molar-refractivity contribution is 0.596. The van der Waals surface area contributed by atoms with Crippen LogP contribution < -0.4 is 4.72 Å². The van der Waals surface area contributed by atoms with E-state index in [0.29, 0.717) is 15.1 Å². The van der Waals surface area contributed by atoms with Gasteiger partial charge in [-0.05, 0) is 34.1 Å². The van der Waals surface area contributed by atoms with Gasteiger partial charge >= 0.3 is 0 Å². The van der Waals surface area contributed by atoms with Crippen LogP contribution in [0.25, 0.3) is 4.96 Å². The van der Waals surface area contributed by atoms with Crippen LogP contribution in [0.2, 0.25) is 5.15 Å². The molecule has 0 atom stereocenters. The molecule has 3 rings (SSSR count). The molecule has 0 saturated heterocycles. The molecule has 0 aliphatic carbocycles. The smallest absolute Gasteiger partial charge is 0.278 e. The number of halogens is 3. The van der Waals surface area contributed by atoms with Crippen molar-refractivity contribution in [1.82, 2.24) is 9.38 Å². The van der Waals surface area contributed by atoms with Gasteiger partial charge < -0.3 is 0 Å². The highest BCUT2D eigenvalue weighted by Crippen LogP contribution is 2.31. The molecule has 0 bridgehead atoms. The first kappa shape index (κ1) is 15.3. The van der Waals surface area contributed by atoms with Crippen LogP contribution in [0.4, 0.5) is 5.69 Å². The van der Waals surface area contributed by atoms with E-state index in [-0.39, 0.29) is 10.2 Å². The number of nitrogens with zero attached hydrogens (tertiary/aromatic N) is 2. The maximum absolute atomic E-state index is 12.6. The second kappa shape index (κ2) is 5.54. The number of sulfonamides is 1. The van der Waals surface area contributed by atoms with E-state index in [0.717, 1.165) is 4.47 Å². The first-order chi connectivity index (χ1) is 9.88. The van der Waals surface area contributed by atoms with Crippen molar-refractivity contribution >= 4 is 75.5 Å². The van der Waals surface area contributed by atoms with E-state index in [1.165, 1.54) is 15.7 Å². The molecule has 0 saturated carbocycles. The molecule has 5 nitrogen and oxygen atoms in total. The van der Waals surface area contributed by atoms with Gasteiger partial charge in [0.25, 0.3) is 10.0 Å². The van der Waals surface area contributed by atoms with E-state index in [9.17, 15) is 8.42 Å². The predicted octanol–water partition coefficient (Wildman–Crippen LogP) is 4.38.